The van der Waals surface area contributed by atoms with Crippen LogP contribution in [0, 0.1) is 5.92 Å². The van der Waals surface area contributed by atoms with Gasteiger partial charge in [0, 0.05) is 37.7 Å². The Morgan fingerprint density at radius 3 is 2.86 bits per heavy atom. The van der Waals surface area contributed by atoms with Gasteiger partial charge in [0.2, 0.25) is 5.91 Å². The van der Waals surface area contributed by atoms with E-state index in [1.54, 1.807) is 0 Å². The average molecular weight is 287 g/mol. The number of amides is 1. The van der Waals surface area contributed by atoms with Gasteiger partial charge in [-0.05, 0) is 25.0 Å². The minimum atomic E-state index is -0.0875. The molecule has 1 fully saturated rings. The second-order valence-corrected chi connectivity index (χ2v) is 5.72. The van der Waals surface area contributed by atoms with Crippen molar-refractivity contribution in [1.82, 2.24) is 19.5 Å². The van der Waals surface area contributed by atoms with Crippen molar-refractivity contribution < 1.29 is 4.79 Å². The van der Waals surface area contributed by atoms with Crippen LogP contribution in [0.2, 0.25) is 0 Å². The molecule has 6 nitrogen and oxygen atoms in total. The fourth-order valence-electron chi connectivity index (χ4n) is 2.91. The molecule has 1 aliphatic rings. The number of pyridine rings is 1. The van der Waals surface area contributed by atoms with Gasteiger partial charge >= 0.3 is 0 Å². The van der Waals surface area contributed by atoms with Crippen LogP contribution >= 0.6 is 0 Å². The molecule has 2 N–H and O–H groups in total. The molecule has 2 aromatic heterocycles. The molecular formula is C15H21N5O. The lowest BCUT2D eigenvalue weighted by Crippen LogP contribution is -2.42. The molecule has 1 saturated heterocycles. The van der Waals surface area contributed by atoms with E-state index in [2.05, 4.69) is 10.2 Å². The van der Waals surface area contributed by atoms with Crippen molar-refractivity contribution >= 4 is 11.6 Å². The molecule has 1 amide bonds. The van der Waals surface area contributed by atoms with Crippen molar-refractivity contribution in [2.45, 2.75) is 25.7 Å². The van der Waals surface area contributed by atoms with E-state index in [0.717, 1.165) is 37.4 Å². The van der Waals surface area contributed by atoms with Crippen molar-refractivity contribution in [3.05, 3.63) is 30.2 Å². The molecular weight excluding hydrogens is 266 g/mol. The summed E-state index contributed by atoms with van der Waals surface area (Å²) in [6.07, 6.45) is 3.86. The maximum Gasteiger partial charge on any atom is 0.226 e. The maximum atomic E-state index is 12.1. The number of aromatic nitrogens is 3. The van der Waals surface area contributed by atoms with E-state index >= 15 is 0 Å². The number of carbonyl (C=O) groups excluding carboxylic acids is 1. The molecule has 112 valence electrons. The number of piperidine rings is 1. The van der Waals surface area contributed by atoms with Crippen molar-refractivity contribution in [3.63, 3.8) is 0 Å². The summed E-state index contributed by atoms with van der Waals surface area (Å²) in [5.74, 6) is 1.45. The number of likely N-dealkylation sites (tertiary alicyclic amines) is 1. The van der Waals surface area contributed by atoms with E-state index in [-0.39, 0.29) is 11.8 Å². The molecule has 21 heavy (non-hydrogen) atoms. The summed E-state index contributed by atoms with van der Waals surface area (Å²) in [7, 11) is 0. The fourth-order valence-corrected chi connectivity index (χ4v) is 2.91. The first-order chi connectivity index (χ1) is 10.2. The van der Waals surface area contributed by atoms with Crippen LogP contribution < -0.4 is 5.73 Å². The third kappa shape index (κ3) is 2.63. The van der Waals surface area contributed by atoms with Crippen LogP contribution in [-0.2, 0) is 4.79 Å². The highest BCUT2D eigenvalue weighted by atomic mass is 16.2. The molecule has 3 rings (SSSR count). The summed E-state index contributed by atoms with van der Waals surface area (Å²) in [5, 5.41) is 8.54. The van der Waals surface area contributed by atoms with Gasteiger partial charge in [-0.25, -0.2) is 0 Å². The van der Waals surface area contributed by atoms with Gasteiger partial charge in [-0.1, -0.05) is 13.0 Å². The Hall–Kier alpha value is -1.95. The molecule has 0 radical (unpaired) electrons. The first kappa shape index (κ1) is 14.0. The summed E-state index contributed by atoms with van der Waals surface area (Å²) >= 11 is 0. The Morgan fingerprint density at radius 1 is 1.38 bits per heavy atom. The number of carbonyl (C=O) groups is 1. The third-order valence-corrected chi connectivity index (χ3v) is 4.29. The summed E-state index contributed by atoms with van der Waals surface area (Å²) in [5.41, 5.74) is 6.45. The first-order valence-corrected chi connectivity index (χ1v) is 7.49. The Balaban J connectivity index is 1.70. The van der Waals surface area contributed by atoms with Crippen LogP contribution in [-0.4, -0.2) is 45.0 Å². The van der Waals surface area contributed by atoms with E-state index in [4.69, 9.17) is 5.73 Å². The van der Waals surface area contributed by atoms with Crippen LogP contribution in [0.4, 0.5) is 0 Å². The van der Waals surface area contributed by atoms with E-state index in [1.807, 2.05) is 40.6 Å². The zero-order valence-corrected chi connectivity index (χ0v) is 12.3. The standard InChI is InChI=1S/C15H21N5O/c1-11(10-16)15(21)19-8-5-12(6-9-19)14-18-17-13-4-2-3-7-20(13)14/h2-4,7,11-12H,5-6,8-10,16H2,1H3. The molecule has 1 unspecified atom stereocenters. The van der Waals surface area contributed by atoms with Gasteiger partial charge in [0.25, 0.3) is 0 Å². The summed E-state index contributed by atoms with van der Waals surface area (Å²) in [6.45, 7) is 3.85. The second-order valence-electron chi connectivity index (χ2n) is 5.72. The van der Waals surface area contributed by atoms with E-state index in [9.17, 15) is 4.79 Å². The quantitative estimate of drug-likeness (QED) is 0.914. The van der Waals surface area contributed by atoms with Crippen molar-refractivity contribution in [2.75, 3.05) is 19.6 Å². The monoisotopic (exact) mass is 287 g/mol. The fraction of sp³-hybridized carbons (Fsp3) is 0.533. The second kappa shape index (κ2) is 5.81. The molecule has 1 aliphatic heterocycles. The Labute approximate surface area is 123 Å². The highest BCUT2D eigenvalue weighted by molar-refractivity contribution is 5.78. The topological polar surface area (TPSA) is 76.5 Å². The van der Waals surface area contributed by atoms with Gasteiger partial charge in [-0.2, -0.15) is 0 Å². The maximum absolute atomic E-state index is 12.1. The number of hydrogen-bond donors (Lipinski definition) is 1. The Bertz CT molecular complexity index is 630. The molecule has 0 aliphatic carbocycles. The van der Waals surface area contributed by atoms with Crippen LogP contribution in [0.1, 0.15) is 31.5 Å². The van der Waals surface area contributed by atoms with Crippen LogP contribution in [0.25, 0.3) is 5.65 Å². The molecule has 0 aromatic carbocycles. The summed E-state index contributed by atoms with van der Waals surface area (Å²) in [6, 6.07) is 5.91. The predicted octanol–water partition coefficient (Wildman–Crippen LogP) is 1.03. The normalized spacial score (nSPS) is 18.1. The molecule has 3 heterocycles. The number of hydrogen-bond acceptors (Lipinski definition) is 4. The highest BCUT2D eigenvalue weighted by Crippen LogP contribution is 2.27. The van der Waals surface area contributed by atoms with Crippen LogP contribution in [0.5, 0.6) is 0 Å². The lowest BCUT2D eigenvalue weighted by molar-refractivity contribution is -0.135. The summed E-state index contributed by atoms with van der Waals surface area (Å²) < 4.78 is 2.05. The Kier molecular flexibility index (Phi) is 3.88. The predicted molar refractivity (Wildman–Crippen MR) is 79.8 cm³/mol. The van der Waals surface area contributed by atoms with Crippen LogP contribution in [0.15, 0.2) is 24.4 Å². The first-order valence-electron chi connectivity index (χ1n) is 7.49. The lowest BCUT2D eigenvalue weighted by Gasteiger charge is -2.32. The summed E-state index contributed by atoms with van der Waals surface area (Å²) in [4.78, 5) is 14.1. The lowest BCUT2D eigenvalue weighted by atomic mass is 9.95. The molecule has 2 aromatic rings. The number of nitrogens with zero attached hydrogens (tertiary/aromatic N) is 4. The SMILES string of the molecule is CC(CN)C(=O)N1CCC(c2nnc3ccccn23)CC1. The largest absolute Gasteiger partial charge is 0.342 e. The van der Waals surface area contributed by atoms with Gasteiger partial charge in [0.05, 0.1) is 0 Å². The van der Waals surface area contributed by atoms with Gasteiger partial charge in [0.1, 0.15) is 5.82 Å². The van der Waals surface area contributed by atoms with E-state index < -0.39 is 0 Å². The van der Waals surface area contributed by atoms with Gasteiger partial charge < -0.3 is 10.6 Å². The molecule has 0 bridgehead atoms. The average Bonchev–Trinajstić information content (AvgIpc) is 2.97. The van der Waals surface area contributed by atoms with Crippen molar-refractivity contribution in [1.29, 1.82) is 0 Å². The number of nitrogens with two attached hydrogens (primary N) is 1. The van der Waals surface area contributed by atoms with Crippen LogP contribution in [0.3, 0.4) is 0 Å². The minimum absolute atomic E-state index is 0.0875. The van der Waals surface area contributed by atoms with E-state index in [0.29, 0.717) is 12.5 Å². The zero-order chi connectivity index (χ0) is 14.8. The van der Waals surface area contributed by atoms with E-state index in [1.165, 1.54) is 0 Å². The van der Waals surface area contributed by atoms with Crippen molar-refractivity contribution in [2.24, 2.45) is 11.7 Å². The number of rotatable bonds is 3. The number of fused-ring (bicyclic) bond motifs is 1. The highest BCUT2D eigenvalue weighted by Gasteiger charge is 2.28. The zero-order valence-electron chi connectivity index (χ0n) is 12.3. The Morgan fingerprint density at radius 2 is 2.14 bits per heavy atom. The third-order valence-electron chi connectivity index (χ3n) is 4.29. The molecule has 6 heteroatoms. The molecule has 0 spiro atoms. The van der Waals surface area contributed by atoms with Crippen molar-refractivity contribution in [3.8, 4) is 0 Å². The minimum Gasteiger partial charge on any atom is -0.342 e. The molecule has 1 atom stereocenters. The van der Waals surface area contributed by atoms with Gasteiger partial charge in [0.15, 0.2) is 5.65 Å². The molecule has 0 saturated carbocycles. The smallest absolute Gasteiger partial charge is 0.226 e. The van der Waals surface area contributed by atoms with Gasteiger partial charge in [-0.15, -0.1) is 10.2 Å². The van der Waals surface area contributed by atoms with Gasteiger partial charge in [-0.3, -0.25) is 9.20 Å².